The lowest BCUT2D eigenvalue weighted by molar-refractivity contribution is -0.124. The largest absolute Gasteiger partial charge is 0.368 e. The Balaban J connectivity index is 1.93. The van der Waals surface area contributed by atoms with E-state index in [1.807, 2.05) is 6.92 Å². The third kappa shape index (κ3) is 3.11. The molecule has 1 aliphatic heterocycles. The number of nitrogens with one attached hydrogen (secondary N) is 1. The van der Waals surface area contributed by atoms with Crippen molar-refractivity contribution >= 4 is 22.2 Å². The normalized spacial score (nSPS) is 17.0. The summed E-state index contributed by atoms with van der Waals surface area (Å²) in [5, 5.41) is 12.8. The minimum absolute atomic E-state index is 0.217. The minimum atomic E-state index is -0.446. The summed E-state index contributed by atoms with van der Waals surface area (Å²) in [6, 6.07) is 8.15. The van der Waals surface area contributed by atoms with Crippen molar-refractivity contribution in [3.63, 3.8) is 0 Å². The number of nitriles is 1. The van der Waals surface area contributed by atoms with E-state index in [-0.39, 0.29) is 11.7 Å². The molecule has 1 fully saturated rings. The predicted octanol–water partition coefficient (Wildman–Crippen LogP) is 3.85. The minimum Gasteiger partial charge on any atom is -0.368 e. The summed E-state index contributed by atoms with van der Waals surface area (Å²) in [6.07, 6.45) is 1.12. The van der Waals surface area contributed by atoms with Gasteiger partial charge in [0.2, 0.25) is 0 Å². The Hall–Kier alpha value is -2.23. The summed E-state index contributed by atoms with van der Waals surface area (Å²) in [5.41, 5.74) is 1.90. The second-order valence-electron chi connectivity index (χ2n) is 5.35. The maximum absolute atomic E-state index is 13.1. The summed E-state index contributed by atoms with van der Waals surface area (Å²) < 4.78 is 18.5. The molecule has 118 valence electrons. The van der Waals surface area contributed by atoms with Crippen molar-refractivity contribution in [1.29, 1.82) is 5.26 Å². The average Bonchev–Trinajstić information content (AvgIpc) is 3.16. The van der Waals surface area contributed by atoms with Crippen molar-refractivity contribution < 1.29 is 13.9 Å². The van der Waals surface area contributed by atoms with Gasteiger partial charge < -0.3 is 10.1 Å². The fourth-order valence-electron chi connectivity index (χ4n) is 2.68. The smallest absolute Gasteiger partial charge is 0.254 e. The van der Waals surface area contributed by atoms with E-state index in [4.69, 9.17) is 4.74 Å². The lowest BCUT2D eigenvalue weighted by atomic mass is 10.0. The van der Waals surface area contributed by atoms with E-state index in [2.05, 4.69) is 11.4 Å². The number of hydrogen-bond acceptors (Lipinski definition) is 4. The Morgan fingerprint density at radius 3 is 2.78 bits per heavy atom. The van der Waals surface area contributed by atoms with Gasteiger partial charge in [0.25, 0.3) is 5.91 Å². The van der Waals surface area contributed by atoms with Crippen LogP contribution in [-0.2, 0) is 9.53 Å². The van der Waals surface area contributed by atoms with Gasteiger partial charge in [-0.15, -0.1) is 11.3 Å². The second-order valence-corrected chi connectivity index (χ2v) is 6.57. The van der Waals surface area contributed by atoms with Crippen LogP contribution < -0.4 is 5.32 Å². The molecule has 1 aromatic carbocycles. The number of carbonyl (C=O) groups is 1. The number of benzene rings is 1. The Labute approximate surface area is 137 Å². The third-order valence-electron chi connectivity index (χ3n) is 3.79. The topological polar surface area (TPSA) is 62.1 Å². The second kappa shape index (κ2) is 6.49. The summed E-state index contributed by atoms with van der Waals surface area (Å²) >= 11 is 1.35. The van der Waals surface area contributed by atoms with E-state index >= 15 is 0 Å². The Morgan fingerprint density at radius 1 is 1.43 bits per heavy atom. The van der Waals surface area contributed by atoms with Crippen LogP contribution in [0, 0.1) is 24.1 Å². The number of aryl methyl sites for hydroxylation is 1. The maximum atomic E-state index is 13.1. The van der Waals surface area contributed by atoms with Gasteiger partial charge in [0.1, 0.15) is 23.0 Å². The summed E-state index contributed by atoms with van der Waals surface area (Å²) in [5.74, 6) is -0.544. The summed E-state index contributed by atoms with van der Waals surface area (Å²) in [4.78, 5) is 13.1. The molecular weight excluding hydrogens is 315 g/mol. The Kier molecular flexibility index (Phi) is 4.42. The van der Waals surface area contributed by atoms with Crippen LogP contribution in [0.3, 0.4) is 0 Å². The van der Waals surface area contributed by atoms with E-state index in [9.17, 15) is 14.4 Å². The first-order valence-electron chi connectivity index (χ1n) is 7.32. The first kappa shape index (κ1) is 15.7. The van der Waals surface area contributed by atoms with Crippen LogP contribution in [0.4, 0.5) is 9.39 Å². The van der Waals surface area contributed by atoms with Crippen molar-refractivity contribution in [1.82, 2.24) is 0 Å². The van der Waals surface area contributed by atoms with E-state index < -0.39 is 6.10 Å². The molecule has 1 saturated heterocycles. The Bertz CT molecular complexity index is 771. The number of amides is 1. The van der Waals surface area contributed by atoms with Crippen molar-refractivity contribution in [3.8, 4) is 17.2 Å². The maximum Gasteiger partial charge on any atom is 0.254 e. The highest BCUT2D eigenvalue weighted by atomic mass is 32.1. The number of thiophene rings is 1. The number of anilines is 1. The lowest BCUT2D eigenvalue weighted by Crippen LogP contribution is -2.26. The van der Waals surface area contributed by atoms with Crippen LogP contribution in [0.1, 0.15) is 23.3 Å². The molecule has 23 heavy (non-hydrogen) atoms. The van der Waals surface area contributed by atoms with Gasteiger partial charge in [-0.05, 0) is 37.5 Å². The van der Waals surface area contributed by atoms with Crippen molar-refractivity contribution in [2.24, 2.45) is 0 Å². The molecule has 4 nitrogen and oxygen atoms in total. The molecule has 2 aromatic rings. The van der Waals surface area contributed by atoms with Gasteiger partial charge in [-0.25, -0.2) is 4.39 Å². The number of nitrogens with zero attached hydrogens (tertiary/aromatic N) is 1. The molecule has 0 spiro atoms. The zero-order valence-electron chi connectivity index (χ0n) is 12.6. The van der Waals surface area contributed by atoms with E-state index in [1.54, 1.807) is 12.1 Å². The van der Waals surface area contributed by atoms with E-state index in [0.717, 1.165) is 22.4 Å². The molecule has 1 atom stereocenters. The molecule has 2 heterocycles. The number of hydrogen-bond donors (Lipinski definition) is 1. The lowest BCUT2D eigenvalue weighted by Gasteiger charge is -2.09. The van der Waals surface area contributed by atoms with Crippen LogP contribution in [-0.4, -0.2) is 18.6 Å². The van der Waals surface area contributed by atoms with Crippen molar-refractivity contribution in [2.75, 3.05) is 11.9 Å². The van der Waals surface area contributed by atoms with Crippen LogP contribution >= 0.6 is 11.3 Å². The monoisotopic (exact) mass is 330 g/mol. The van der Waals surface area contributed by atoms with Crippen LogP contribution in [0.5, 0.6) is 0 Å². The van der Waals surface area contributed by atoms with Gasteiger partial charge in [0.05, 0.1) is 5.56 Å². The standard InChI is InChI=1S/C17H15FN2O2S/c1-10-15(11-4-6-12(18)7-5-11)13(9-19)17(23-10)20-16(21)14-3-2-8-22-14/h4-7,14H,2-3,8H2,1H3,(H,20,21)/t14-/m0/s1. The fourth-order valence-corrected chi connectivity index (χ4v) is 3.71. The molecule has 0 bridgehead atoms. The van der Waals surface area contributed by atoms with Crippen molar-refractivity contribution in [2.45, 2.75) is 25.9 Å². The zero-order valence-corrected chi connectivity index (χ0v) is 13.4. The molecule has 0 saturated carbocycles. The molecule has 1 amide bonds. The fraction of sp³-hybridized carbons (Fsp3) is 0.294. The third-order valence-corrected chi connectivity index (χ3v) is 4.81. The molecular formula is C17H15FN2O2S. The first-order valence-corrected chi connectivity index (χ1v) is 8.13. The molecule has 1 N–H and O–H groups in total. The molecule has 0 unspecified atom stereocenters. The zero-order chi connectivity index (χ0) is 16.4. The summed E-state index contributed by atoms with van der Waals surface area (Å²) in [7, 11) is 0. The Morgan fingerprint density at radius 2 is 2.17 bits per heavy atom. The molecule has 6 heteroatoms. The first-order chi connectivity index (χ1) is 11.1. The molecule has 0 radical (unpaired) electrons. The number of rotatable bonds is 3. The number of carbonyl (C=O) groups excluding carboxylic acids is 1. The van der Waals surface area contributed by atoms with E-state index in [1.165, 1.54) is 23.5 Å². The number of halogens is 1. The molecule has 3 rings (SSSR count). The molecule has 0 aliphatic carbocycles. The SMILES string of the molecule is Cc1sc(NC(=O)[C@@H]2CCCO2)c(C#N)c1-c1ccc(F)cc1. The van der Waals surface area contributed by atoms with Crippen LogP contribution in [0.15, 0.2) is 24.3 Å². The van der Waals surface area contributed by atoms with Crippen LogP contribution in [0.25, 0.3) is 11.1 Å². The quantitative estimate of drug-likeness (QED) is 0.930. The predicted molar refractivity (Wildman–Crippen MR) is 86.8 cm³/mol. The van der Waals surface area contributed by atoms with Crippen molar-refractivity contribution in [3.05, 3.63) is 40.5 Å². The van der Waals surface area contributed by atoms with Crippen LogP contribution in [0.2, 0.25) is 0 Å². The number of ether oxygens (including phenoxy) is 1. The average molecular weight is 330 g/mol. The highest BCUT2D eigenvalue weighted by molar-refractivity contribution is 7.17. The van der Waals surface area contributed by atoms with Gasteiger partial charge in [0, 0.05) is 17.0 Å². The highest BCUT2D eigenvalue weighted by Crippen LogP contribution is 2.39. The summed E-state index contributed by atoms with van der Waals surface area (Å²) in [6.45, 7) is 2.47. The van der Waals surface area contributed by atoms with Gasteiger partial charge in [-0.1, -0.05) is 12.1 Å². The molecule has 1 aromatic heterocycles. The van der Waals surface area contributed by atoms with Gasteiger partial charge in [-0.3, -0.25) is 4.79 Å². The van der Waals surface area contributed by atoms with Gasteiger partial charge >= 0.3 is 0 Å². The van der Waals surface area contributed by atoms with Gasteiger partial charge in [0.15, 0.2) is 0 Å². The van der Waals surface area contributed by atoms with E-state index in [0.29, 0.717) is 23.6 Å². The molecule has 1 aliphatic rings. The highest BCUT2D eigenvalue weighted by Gasteiger charge is 2.26. The van der Waals surface area contributed by atoms with Gasteiger partial charge in [-0.2, -0.15) is 5.26 Å².